The maximum absolute atomic E-state index is 14.0. The van der Waals surface area contributed by atoms with Gasteiger partial charge in [0.25, 0.3) is 0 Å². The summed E-state index contributed by atoms with van der Waals surface area (Å²) in [5.41, 5.74) is 7.44. The number of aromatic nitrogens is 4. The van der Waals surface area contributed by atoms with E-state index in [1.54, 1.807) is 6.07 Å². The molecule has 0 saturated carbocycles. The Kier molecular flexibility index (Phi) is 7.89. The normalized spacial score (nSPS) is 11.7. The zero-order valence-electron chi connectivity index (χ0n) is 28.2. The molecule has 0 atom stereocenters. The number of nitrogens with zero attached hydrogens (tertiary/aromatic N) is 4. The number of rotatable bonds is 6. The van der Waals surface area contributed by atoms with E-state index in [0.29, 0.717) is 34.2 Å². The zero-order valence-corrected chi connectivity index (χ0v) is 28.2. The smallest absolute Gasteiger partial charge is 0.309 e. The second kappa shape index (κ2) is 13.0. The third kappa shape index (κ3) is 6.02. The third-order valence-electron chi connectivity index (χ3n) is 9.48. The average Bonchev–Trinajstić information content (AvgIpc) is 3.55. The van der Waals surface area contributed by atoms with Crippen LogP contribution in [0.5, 0.6) is 0 Å². The molecule has 9 rings (SSSR count). The van der Waals surface area contributed by atoms with E-state index in [9.17, 15) is 13.2 Å². The Morgan fingerprint density at radius 1 is 0.377 bits per heavy atom. The first-order chi connectivity index (χ1) is 25.9. The SMILES string of the molecule is FC(F)(F)c1cccc(-c2ccc(-n3c4ccccc4c4cc(-c5ccccc5)ccc43)cc2-c2nc(-c3ccccc3)nc(-c3ccccc3)n2)c1. The summed E-state index contributed by atoms with van der Waals surface area (Å²) in [6, 6.07) is 55.4. The van der Waals surface area contributed by atoms with E-state index < -0.39 is 11.7 Å². The van der Waals surface area contributed by atoms with Crippen molar-refractivity contribution < 1.29 is 13.2 Å². The second-order valence-corrected chi connectivity index (χ2v) is 12.8. The molecule has 0 amide bonds. The molecule has 0 aliphatic heterocycles. The van der Waals surface area contributed by atoms with Gasteiger partial charge in [0, 0.05) is 33.2 Å². The average molecular weight is 695 g/mol. The van der Waals surface area contributed by atoms with Crippen LogP contribution in [0.2, 0.25) is 0 Å². The Morgan fingerprint density at radius 2 is 0.943 bits per heavy atom. The van der Waals surface area contributed by atoms with E-state index in [0.717, 1.165) is 55.8 Å². The summed E-state index contributed by atoms with van der Waals surface area (Å²) in [6.45, 7) is 0. The number of hydrogen-bond acceptors (Lipinski definition) is 3. The molecule has 0 bridgehead atoms. The molecular formula is C46H29F3N4. The number of benzene rings is 7. The molecule has 9 aromatic rings. The number of fused-ring (bicyclic) bond motifs is 3. The van der Waals surface area contributed by atoms with Crippen molar-refractivity contribution in [2.75, 3.05) is 0 Å². The van der Waals surface area contributed by atoms with Gasteiger partial charge in [-0.15, -0.1) is 0 Å². The van der Waals surface area contributed by atoms with Crippen molar-refractivity contribution >= 4 is 21.8 Å². The summed E-state index contributed by atoms with van der Waals surface area (Å²) in [5.74, 6) is 1.26. The summed E-state index contributed by atoms with van der Waals surface area (Å²) in [6.07, 6.45) is -4.51. The minimum Gasteiger partial charge on any atom is -0.309 e. The summed E-state index contributed by atoms with van der Waals surface area (Å²) in [4.78, 5) is 14.9. The van der Waals surface area contributed by atoms with Crippen molar-refractivity contribution in [3.8, 4) is 62.1 Å². The van der Waals surface area contributed by atoms with E-state index >= 15 is 0 Å². The van der Waals surface area contributed by atoms with Crippen LogP contribution in [-0.2, 0) is 6.18 Å². The first-order valence-corrected chi connectivity index (χ1v) is 17.2. The molecule has 0 spiro atoms. The molecule has 0 saturated heterocycles. The predicted octanol–water partition coefficient (Wildman–Crippen LogP) is 12.3. The van der Waals surface area contributed by atoms with Crippen molar-refractivity contribution in [2.24, 2.45) is 0 Å². The standard InChI is InChI=1S/C46H29F3N4/c47-46(48,49)35-20-12-19-34(27-35)37-25-24-36(53-41-22-11-10-21-38(41)39-28-33(23-26-42(39)53)30-13-4-1-5-14-30)29-40(37)45-51-43(31-15-6-2-7-16-31)50-44(52-45)32-17-8-3-9-18-32/h1-29H. The largest absolute Gasteiger partial charge is 0.416 e. The summed E-state index contributed by atoms with van der Waals surface area (Å²) in [5, 5.41) is 2.17. The van der Waals surface area contributed by atoms with Crippen LogP contribution in [0, 0.1) is 0 Å². The molecule has 0 fully saturated rings. The van der Waals surface area contributed by atoms with E-state index in [1.165, 1.54) is 12.1 Å². The lowest BCUT2D eigenvalue weighted by molar-refractivity contribution is -0.137. The van der Waals surface area contributed by atoms with Crippen LogP contribution < -0.4 is 0 Å². The van der Waals surface area contributed by atoms with Crippen molar-refractivity contribution in [1.29, 1.82) is 0 Å². The van der Waals surface area contributed by atoms with Crippen LogP contribution in [0.3, 0.4) is 0 Å². The molecule has 0 aliphatic rings. The second-order valence-electron chi connectivity index (χ2n) is 12.8. The van der Waals surface area contributed by atoms with Crippen molar-refractivity contribution in [3.05, 3.63) is 181 Å². The molecule has 2 heterocycles. The number of halogens is 3. The minimum absolute atomic E-state index is 0.346. The number of alkyl halides is 3. The quantitative estimate of drug-likeness (QED) is 0.174. The molecule has 7 heteroatoms. The van der Waals surface area contributed by atoms with Gasteiger partial charge in [0.15, 0.2) is 17.5 Å². The lowest BCUT2D eigenvalue weighted by Crippen LogP contribution is -2.05. The molecule has 0 aliphatic carbocycles. The van der Waals surface area contributed by atoms with Crippen molar-refractivity contribution in [3.63, 3.8) is 0 Å². The molecule has 2 aromatic heterocycles. The topological polar surface area (TPSA) is 43.6 Å². The number of hydrogen-bond donors (Lipinski definition) is 0. The zero-order chi connectivity index (χ0) is 35.9. The summed E-state index contributed by atoms with van der Waals surface area (Å²) < 4.78 is 44.3. The highest BCUT2D eigenvalue weighted by atomic mass is 19.4. The Bertz CT molecular complexity index is 2700. The van der Waals surface area contributed by atoms with Gasteiger partial charge < -0.3 is 4.57 Å². The highest BCUT2D eigenvalue weighted by Crippen LogP contribution is 2.40. The minimum atomic E-state index is -4.51. The van der Waals surface area contributed by atoms with Gasteiger partial charge in [-0.1, -0.05) is 133 Å². The Hall–Kier alpha value is -6.86. The van der Waals surface area contributed by atoms with Crippen LogP contribution in [0.25, 0.3) is 83.9 Å². The van der Waals surface area contributed by atoms with Crippen LogP contribution >= 0.6 is 0 Å². The lowest BCUT2D eigenvalue weighted by Gasteiger charge is -2.16. The van der Waals surface area contributed by atoms with Gasteiger partial charge in [0.05, 0.1) is 16.6 Å². The Morgan fingerprint density at radius 3 is 1.60 bits per heavy atom. The van der Waals surface area contributed by atoms with Gasteiger partial charge >= 0.3 is 6.18 Å². The van der Waals surface area contributed by atoms with Gasteiger partial charge in [0.2, 0.25) is 0 Å². The highest BCUT2D eigenvalue weighted by Gasteiger charge is 2.31. The maximum atomic E-state index is 14.0. The number of para-hydroxylation sites is 1. The molecule has 7 aromatic carbocycles. The fourth-order valence-electron chi connectivity index (χ4n) is 6.96. The molecule has 0 radical (unpaired) electrons. The molecule has 254 valence electrons. The first-order valence-electron chi connectivity index (χ1n) is 17.2. The van der Waals surface area contributed by atoms with Crippen molar-refractivity contribution in [2.45, 2.75) is 6.18 Å². The first kappa shape index (κ1) is 32.1. The Labute approximate surface area is 303 Å². The van der Waals surface area contributed by atoms with Crippen molar-refractivity contribution in [1.82, 2.24) is 19.5 Å². The fraction of sp³-hybridized carbons (Fsp3) is 0.0217. The third-order valence-corrected chi connectivity index (χ3v) is 9.48. The predicted molar refractivity (Wildman–Crippen MR) is 206 cm³/mol. The van der Waals surface area contributed by atoms with E-state index in [1.807, 2.05) is 109 Å². The maximum Gasteiger partial charge on any atom is 0.416 e. The van der Waals surface area contributed by atoms with E-state index in [2.05, 4.69) is 47.0 Å². The van der Waals surface area contributed by atoms with Gasteiger partial charge in [-0.3, -0.25) is 0 Å². The summed E-state index contributed by atoms with van der Waals surface area (Å²) in [7, 11) is 0. The van der Waals surface area contributed by atoms with Crippen LogP contribution in [-0.4, -0.2) is 19.5 Å². The van der Waals surface area contributed by atoms with Gasteiger partial charge in [-0.25, -0.2) is 15.0 Å². The molecular weight excluding hydrogens is 666 g/mol. The Balaban J connectivity index is 1.31. The highest BCUT2D eigenvalue weighted by molar-refractivity contribution is 6.10. The molecule has 53 heavy (non-hydrogen) atoms. The molecule has 0 unspecified atom stereocenters. The van der Waals surface area contributed by atoms with Gasteiger partial charge in [-0.05, 0) is 64.7 Å². The van der Waals surface area contributed by atoms with Crippen LogP contribution in [0.4, 0.5) is 13.2 Å². The molecule has 0 N–H and O–H groups in total. The fourth-order valence-corrected chi connectivity index (χ4v) is 6.96. The monoisotopic (exact) mass is 694 g/mol. The van der Waals surface area contributed by atoms with Crippen LogP contribution in [0.15, 0.2) is 176 Å². The van der Waals surface area contributed by atoms with E-state index in [4.69, 9.17) is 15.0 Å². The van der Waals surface area contributed by atoms with E-state index in [-0.39, 0.29) is 0 Å². The van der Waals surface area contributed by atoms with Gasteiger partial charge in [-0.2, -0.15) is 13.2 Å². The summed E-state index contributed by atoms with van der Waals surface area (Å²) >= 11 is 0. The molecule has 4 nitrogen and oxygen atoms in total. The lowest BCUT2D eigenvalue weighted by atomic mass is 9.96. The van der Waals surface area contributed by atoms with Gasteiger partial charge in [0.1, 0.15) is 0 Å². The van der Waals surface area contributed by atoms with Crippen LogP contribution in [0.1, 0.15) is 5.56 Å².